The molecule has 2 aliphatic heterocycles. The number of benzene rings is 3. The van der Waals surface area contributed by atoms with E-state index in [0.29, 0.717) is 35.9 Å². The second kappa shape index (κ2) is 11.0. The van der Waals surface area contributed by atoms with Gasteiger partial charge in [-0.3, -0.25) is 0 Å². The van der Waals surface area contributed by atoms with Gasteiger partial charge in [-0.05, 0) is 44.2 Å². The lowest BCUT2D eigenvalue weighted by atomic mass is 9.93. The van der Waals surface area contributed by atoms with Gasteiger partial charge in [0.15, 0.2) is 12.1 Å². The van der Waals surface area contributed by atoms with Gasteiger partial charge >= 0.3 is 0 Å². The summed E-state index contributed by atoms with van der Waals surface area (Å²) in [7, 11) is 0. The number of ether oxygens (including phenoxy) is 3. The van der Waals surface area contributed by atoms with Crippen molar-refractivity contribution in [3.05, 3.63) is 107 Å². The highest BCUT2D eigenvalue weighted by Gasteiger charge is 2.47. The van der Waals surface area contributed by atoms with Crippen molar-refractivity contribution in [2.24, 2.45) is 0 Å². The molecule has 2 aliphatic rings. The quantitative estimate of drug-likeness (QED) is 0.232. The Hall–Kier alpha value is -4.36. The minimum absolute atomic E-state index is 0.277. The zero-order valence-electron chi connectivity index (χ0n) is 23.9. The van der Waals surface area contributed by atoms with Gasteiger partial charge in [-0.25, -0.2) is 23.7 Å². The van der Waals surface area contributed by atoms with E-state index in [9.17, 15) is 4.39 Å². The van der Waals surface area contributed by atoms with Gasteiger partial charge in [0.05, 0.1) is 39.8 Å². The van der Waals surface area contributed by atoms with Crippen molar-refractivity contribution in [2.45, 2.75) is 50.9 Å². The molecule has 5 atom stereocenters. The summed E-state index contributed by atoms with van der Waals surface area (Å²) in [6.45, 7) is 4.20. The molecule has 0 aliphatic carbocycles. The minimum Gasteiger partial charge on any atom is -0.362 e. The number of halogens is 1. The van der Waals surface area contributed by atoms with Crippen LogP contribution in [0.2, 0.25) is 0 Å². The first-order chi connectivity index (χ1) is 21.5. The van der Waals surface area contributed by atoms with Crippen molar-refractivity contribution in [1.82, 2.24) is 34.7 Å². The Morgan fingerprint density at radius 1 is 0.955 bits per heavy atom. The molecule has 2 saturated heterocycles. The molecule has 0 amide bonds. The molecule has 6 aromatic rings. The monoisotopic (exact) mass is 609 g/mol. The van der Waals surface area contributed by atoms with Crippen LogP contribution >= 0.6 is 11.3 Å². The summed E-state index contributed by atoms with van der Waals surface area (Å²) < 4.78 is 38.2. The van der Waals surface area contributed by atoms with Crippen molar-refractivity contribution < 1.29 is 18.6 Å². The van der Waals surface area contributed by atoms with Gasteiger partial charge in [0.2, 0.25) is 0 Å². The van der Waals surface area contributed by atoms with Gasteiger partial charge < -0.3 is 14.2 Å². The fraction of sp³-hybridized carbons (Fsp3) is 0.281. The lowest BCUT2D eigenvalue weighted by molar-refractivity contribution is -0.302. The number of rotatable bonds is 5. The summed E-state index contributed by atoms with van der Waals surface area (Å²) in [5.41, 5.74) is 3.98. The molecule has 3 aromatic carbocycles. The van der Waals surface area contributed by atoms with Gasteiger partial charge in [0.1, 0.15) is 35.6 Å². The molecular weight excluding hydrogens is 581 g/mol. The molecular formula is C32H28FN7O3S. The maximum Gasteiger partial charge on any atom is 0.184 e. The first-order valence-corrected chi connectivity index (χ1v) is 15.3. The summed E-state index contributed by atoms with van der Waals surface area (Å²) >= 11 is 1.64. The van der Waals surface area contributed by atoms with Crippen LogP contribution in [-0.4, -0.2) is 53.6 Å². The summed E-state index contributed by atoms with van der Waals surface area (Å²) in [6, 6.07) is 22.0. The largest absolute Gasteiger partial charge is 0.362 e. The summed E-state index contributed by atoms with van der Waals surface area (Å²) in [4.78, 5) is 9.43. The first kappa shape index (κ1) is 27.2. The Morgan fingerprint density at radius 2 is 1.84 bits per heavy atom. The van der Waals surface area contributed by atoms with Crippen molar-refractivity contribution in [1.29, 1.82) is 0 Å². The van der Waals surface area contributed by atoms with E-state index in [1.165, 1.54) is 12.1 Å². The molecule has 0 saturated carbocycles. The second-order valence-electron chi connectivity index (χ2n) is 11.1. The number of hydrogen-bond donors (Lipinski definition) is 0. The van der Waals surface area contributed by atoms with Crippen molar-refractivity contribution >= 4 is 21.6 Å². The van der Waals surface area contributed by atoms with E-state index in [0.717, 1.165) is 26.5 Å². The summed E-state index contributed by atoms with van der Waals surface area (Å²) in [5.74, 6) is 0.988. The van der Waals surface area contributed by atoms with Crippen LogP contribution in [0.5, 0.6) is 0 Å². The molecule has 0 bridgehead atoms. The van der Waals surface area contributed by atoms with Crippen LogP contribution in [-0.2, 0) is 14.2 Å². The van der Waals surface area contributed by atoms with Crippen LogP contribution in [0.1, 0.15) is 47.1 Å². The fourth-order valence-corrected chi connectivity index (χ4v) is 6.90. The second-order valence-corrected chi connectivity index (χ2v) is 12.3. The maximum absolute atomic E-state index is 14.0. The Labute approximate surface area is 256 Å². The van der Waals surface area contributed by atoms with E-state index < -0.39 is 18.5 Å². The predicted molar refractivity (Wildman–Crippen MR) is 161 cm³/mol. The van der Waals surface area contributed by atoms with E-state index >= 15 is 0 Å². The number of thiazole rings is 1. The van der Waals surface area contributed by atoms with Gasteiger partial charge in [-0.1, -0.05) is 47.7 Å². The minimum atomic E-state index is -0.549. The van der Waals surface area contributed by atoms with E-state index in [1.807, 2.05) is 73.3 Å². The number of aryl methyl sites for hydroxylation is 2. The summed E-state index contributed by atoms with van der Waals surface area (Å²) in [6.07, 6.45) is 0.550. The number of nitrogens with zero attached hydrogens (tertiary/aromatic N) is 7. The highest BCUT2D eigenvalue weighted by Crippen LogP contribution is 2.44. The molecule has 10 nitrogen and oxygen atoms in total. The third-order valence-corrected chi connectivity index (χ3v) is 8.96. The number of hydrogen-bond acceptors (Lipinski definition) is 9. The highest BCUT2D eigenvalue weighted by molar-refractivity contribution is 7.18. The van der Waals surface area contributed by atoms with Gasteiger partial charge in [-0.15, -0.1) is 16.4 Å². The Morgan fingerprint density at radius 3 is 2.70 bits per heavy atom. The molecule has 0 N–H and O–H groups in total. The number of aromatic nitrogens is 7. The Bertz CT molecular complexity index is 1960. The molecule has 5 unspecified atom stereocenters. The van der Waals surface area contributed by atoms with Crippen LogP contribution in [0.25, 0.3) is 27.2 Å². The molecule has 0 radical (unpaired) electrons. The van der Waals surface area contributed by atoms with Crippen LogP contribution in [0.4, 0.5) is 4.39 Å². The lowest BCUT2D eigenvalue weighted by Gasteiger charge is -2.45. The Balaban J connectivity index is 1.16. The smallest absolute Gasteiger partial charge is 0.184 e. The fourth-order valence-electron chi connectivity index (χ4n) is 6.04. The molecule has 3 aromatic heterocycles. The molecule has 5 heterocycles. The predicted octanol–water partition coefficient (Wildman–Crippen LogP) is 6.08. The van der Waals surface area contributed by atoms with Crippen molar-refractivity contribution in [3.8, 4) is 16.9 Å². The zero-order chi connectivity index (χ0) is 29.8. The maximum atomic E-state index is 14.0. The molecule has 222 valence electrons. The molecule has 12 heteroatoms. The van der Waals surface area contributed by atoms with Crippen LogP contribution in [0.3, 0.4) is 0 Å². The summed E-state index contributed by atoms with van der Waals surface area (Å²) in [5, 5.41) is 14.7. The van der Waals surface area contributed by atoms with Crippen LogP contribution in [0, 0.1) is 19.7 Å². The molecule has 44 heavy (non-hydrogen) atoms. The van der Waals surface area contributed by atoms with Gasteiger partial charge in [0, 0.05) is 17.5 Å². The average molecular weight is 610 g/mol. The molecule has 8 rings (SSSR count). The third kappa shape index (κ3) is 4.99. The zero-order valence-corrected chi connectivity index (χ0v) is 24.8. The van der Waals surface area contributed by atoms with E-state index in [4.69, 9.17) is 24.3 Å². The van der Waals surface area contributed by atoms with Crippen LogP contribution in [0.15, 0.2) is 79.0 Å². The van der Waals surface area contributed by atoms with Gasteiger partial charge in [-0.2, -0.15) is 5.10 Å². The topological polar surface area (TPSA) is 102 Å². The van der Waals surface area contributed by atoms with E-state index in [2.05, 4.69) is 21.4 Å². The first-order valence-electron chi connectivity index (χ1n) is 14.4. The number of fused-ring (bicyclic) bond motifs is 2. The van der Waals surface area contributed by atoms with Crippen molar-refractivity contribution in [3.63, 3.8) is 0 Å². The third-order valence-electron chi connectivity index (χ3n) is 8.02. The average Bonchev–Trinajstić information content (AvgIpc) is 3.78. The highest BCUT2D eigenvalue weighted by atomic mass is 32.1. The Kier molecular flexibility index (Phi) is 6.78. The van der Waals surface area contributed by atoms with Crippen molar-refractivity contribution in [2.75, 3.05) is 6.61 Å². The lowest BCUT2D eigenvalue weighted by Crippen LogP contribution is -2.51. The van der Waals surface area contributed by atoms with E-state index in [1.54, 1.807) is 22.1 Å². The normalized spacial score (nSPS) is 23.6. The molecule has 0 spiro atoms. The van der Waals surface area contributed by atoms with Crippen LogP contribution < -0.4 is 0 Å². The van der Waals surface area contributed by atoms with E-state index in [-0.39, 0.29) is 18.0 Å². The standard InChI is InChI=1S/C32H28FN7O3S/c1-18-34-31(40(37-18)23-11-12-24-29(14-23)44-19(2)35-24)27-15-26(39-16-25(36-38-39)21-9-6-10-22(33)13-21)30-28(42-27)17-41-32(43-30)20-7-4-3-5-8-20/h3-14,16,26-28,30,32H,15,17H2,1-2H3. The molecule has 2 fully saturated rings. The SMILES string of the molecule is Cc1nc(C2CC(n3cc(-c4cccc(F)c4)nn3)C3OC(c4ccccc4)OCC3O2)n(-c2ccc3nc(C)sc3c2)n1. The van der Waals surface area contributed by atoms with Gasteiger partial charge in [0.25, 0.3) is 0 Å².